The summed E-state index contributed by atoms with van der Waals surface area (Å²) in [6.45, 7) is 1.41. The zero-order chi connectivity index (χ0) is 14.4. The summed E-state index contributed by atoms with van der Waals surface area (Å²) in [5, 5.41) is 0. The fraction of sp³-hybridized carbons (Fsp3) is 0.200. The standard InChI is InChI=1S/C15H15NO4/c1-11(17)20-15-12(13-7-3-4-9-16-13)6-5-8-14(15)19-10-18-2/h3-9H,10H2,1-2H3. The molecule has 0 amide bonds. The highest BCUT2D eigenvalue weighted by atomic mass is 16.7. The predicted molar refractivity (Wildman–Crippen MR) is 73.5 cm³/mol. The summed E-state index contributed by atoms with van der Waals surface area (Å²) in [5.74, 6) is 0.358. The average Bonchev–Trinajstić information content (AvgIpc) is 2.46. The first-order chi connectivity index (χ1) is 9.72. The SMILES string of the molecule is COCOc1cccc(-c2ccccn2)c1OC(C)=O. The van der Waals surface area contributed by atoms with Crippen LogP contribution in [0.3, 0.4) is 0 Å². The number of pyridine rings is 1. The molecule has 5 nitrogen and oxygen atoms in total. The Morgan fingerprint density at radius 2 is 2.05 bits per heavy atom. The van der Waals surface area contributed by atoms with Gasteiger partial charge < -0.3 is 14.2 Å². The highest BCUT2D eigenvalue weighted by Gasteiger charge is 2.15. The molecule has 0 spiro atoms. The molecule has 5 heteroatoms. The van der Waals surface area contributed by atoms with Gasteiger partial charge in [-0.25, -0.2) is 0 Å². The van der Waals surface area contributed by atoms with Gasteiger partial charge in [0.15, 0.2) is 18.3 Å². The molecule has 0 bridgehead atoms. The highest BCUT2D eigenvalue weighted by Crippen LogP contribution is 2.37. The number of nitrogens with zero attached hydrogens (tertiary/aromatic N) is 1. The van der Waals surface area contributed by atoms with Gasteiger partial charge in [0.25, 0.3) is 0 Å². The van der Waals surface area contributed by atoms with Crippen LogP contribution >= 0.6 is 0 Å². The van der Waals surface area contributed by atoms with E-state index < -0.39 is 5.97 Å². The minimum atomic E-state index is -0.421. The molecule has 2 aromatic rings. The van der Waals surface area contributed by atoms with Crippen molar-refractivity contribution in [2.75, 3.05) is 13.9 Å². The molecule has 1 aromatic heterocycles. The molecule has 0 unspecified atom stereocenters. The van der Waals surface area contributed by atoms with E-state index in [1.165, 1.54) is 14.0 Å². The van der Waals surface area contributed by atoms with Crippen molar-refractivity contribution in [2.24, 2.45) is 0 Å². The number of hydrogen-bond donors (Lipinski definition) is 0. The van der Waals surface area contributed by atoms with E-state index >= 15 is 0 Å². The molecular weight excluding hydrogens is 258 g/mol. The van der Waals surface area contributed by atoms with Gasteiger partial charge in [-0.2, -0.15) is 0 Å². The molecule has 0 N–H and O–H groups in total. The van der Waals surface area contributed by atoms with Crippen LogP contribution in [0.4, 0.5) is 0 Å². The lowest BCUT2D eigenvalue weighted by atomic mass is 10.1. The Bertz CT molecular complexity index is 584. The van der Waals surface area contributed by atoms with Crippen molar-refractivity contribution in [1.29, 1.82) is 0 Å². The summed E-state index contributed by atoms with van der Waals surface area (Å²) in [5.41, 5.74) is 1.39. The summed E-state index contributed by atoms with van der Waals surface area (Å²) >= 11 is 0. The molecular formula is C15H15NO4. The van der Waals surface area contributed by atoms with Crippen LogP contribution in [0, 0.1) is 0 Å². The van der Waals surface area contributed by atoms with Crippen LogP contribution in [-0.4, -0.2) is 24.9 Å². The third-order valence-corrected chi connectivity index (χ3v) is 2.50. The van der Waals surface area contributed by atoms with Gasteiger partial charge in [-0.1, -0.05) is 12.1 Å². The molecule has 2 rings (SSSR count). The number of rotatable bonds is 5. The Morgan fingerprint density at radius 1 is 1.20 bits per heavy atom. The highest BCUT2D eigenvalue weighted by molar-refractivity contribution is 5.78. The number of para-hydroxylation sites is 1. The smallest absolute Gasteiger partial charge is 0.308 e. The second-order valence-electron chi connectivity index (χ2n) is 3.99. The van der Waals surface area contributed by atoms with E-state index in [2.05, 4.69) is 4.98 Å². The Morgan fingerprint density at radius 3 is 2.70 bits per heavy atom. The van der Waals surface area contributed by atoms with Crippen LogP contribution in [0.15, 0.2) is 42.6 Å². The van der Waals surface area contributed by atoms with E-state index in [9.17, 15) is 4.79 Å². The van der Waals surface area contributed by atoms with E-state index in [1.54, 1.807) is 12.3 Å². The van der Waals surface area contributed by atoms with Crippen molar-refractivity contribution >= 4 is 5.97 Å². The molecule has 0 saturated carbocycles. The van der Waals surface area contributed by atoms with E-state index in [0.29, 0.717) is 22.8 Å². The number of carbonyl (C=O) groups excluding carboxylic acids is 1. The number of benzene rings is 1. The van der Waals surface area contributed by atoms with E-state index in [4.69, 9.17) is 14.2 Å². The molecule has 1 heterocycles. The van der Waals surface area contributed by atoms with Crippen molar-refractivity contribution in [3.63, 3.8) is 0 Å². The number of ether oxygens (including phenoxy) is 3. The van der Waals surface area contributed by atoms with Gasteiger partial charge in [0.2, 0.25) is 0 Å². The minimum Gasteiger partial charge on any atom is -0.464 e. The van der Waals surface area contributed by atoms with Crippen LogP contribution in [0.2, 0.25) is 0 Å². The topological polar surface area (TPSA) is 57.6 Å². The lowest BCUT2D eigenvalue weighted by molar-refractivity contribution is -0.132. The summed E-state index contributed by atoms with van der Waals surface area (Å²) in [6, 6.07) is 10.9. The summed E-state index contributed by atoms with van der Waals surface area (Å²) in [6.07, 6.45) is 1.68. The second-order valence-corrected chi connectivity index (χ2v) is 3.99. The van der Waals surface area contributed by atoms with Crippen LogP contribution in [-0.2, 0) is 9.53 Å². The first-order valence-corrected chi connectivity index (χ1v) is 6.07. The van der Waals surface area contributed by atoms with Gasteiger partial charge in [0.1, 0.15) is 0 Å². The van der Waals surface area contributed by atoms with Crippen molar-refractivity contribution in [2.45, 2.75) is 6.92 Å². The average molecular weight is 273 g/mol. The zero-order valence-corrected chi connectivity index (χ0v) is 11.3. The largest absolute Gasteiger partial charge is 0.464 e. The Kier molecular flexibility index (Phi) is 4.68. The van der Waals surface area contributed by atoms with Crippen molar-refractivity contribution in [3.8, 4) is 22.8 Å². The Hall–Kier alpha value is -2.40. The minimum absolute atomic E-state index is 0.0694. The number of methoxy groups -OCH3 is 1. The third kappa shape index (κ3) is 3.33. The summed E-state index contributed by atoms with van der Waals surface area (Å²) in [7, 11) is 1.52. The molecule has 0 aliphatic carbocycles. The van der Waals surface area contributed by atoms with Crippen molar-refractivity contribution in [1.82, 2.24) is 4.98 Å². The molecule has 0 fully saturated rings. The van der Waals surface area contributed by atoms with E-state index in [0.717, 1.165) is 0 Å². The monoisotopic (exact) mass is 273 g/mol. The summed E-state index contributed by atoms with van der Waals surface area (Å²) in [4.78, 5) is 15.6. The van der Waals surface area contributed by atoms with Crippen LogP contribution in [0.5, 0.6) is 11.5 Å². The molecule has 104 valence electrons. The lowest BCUT2D eigenvalue weighted by Gasteiger charge is -2.13. The maximum Gasteiger partial charge on any atom is 0.308 e. The van der Waals surface area contributed by atoms with Gasteiger partial charge in [0.05, 0.1) is 5.69 Å². The quantitative estimate of drug-likeness (QED) is 0.476. The normalized spacial score (nSPS) is 10.1. The van der Waals surface area contributed by atoms with Gasteiger partial charge in [0, 0.05) is 25.8 Å². The maximum absolute atomic E-state index is 11.3. The van der Waals surface area contributed by atoms with Crippen molar-refractivity contribution < 1.29 is 19.0 Å². The molecule has 1 aromatic carbocycles. The van der Waals surface area contributed by atoms with Gasteiger partial charge >= 0.3 is 5.97 Å². The second kappa shape index (κ2) is 6.68. The van der Waals surface area contributed by atoms with E-state index in [-0.39, 0.29) is 6.79 Å². The molecule has 0 atom stereocenters. The fourth-order valence-electron chi connectivity index (χ4n) is 1.72. The molecule has 20 heavy (non-hydrogen) atoms. The molecule has 0 aliphatic rings. The van der Waals surface area contributed by atoms with Gasteiger partial charge in [-0.05, 0) is 24.3 Å². The Balaban J connectivity index is 2.47. The van der Waals surface area contributed by atoms with E-state index in [1.807, 2.05) is 30.3 Å². The van der Waals surface area contributed by atoms with Crippen LogP contribution in [0.1, 0.15) is 6.92 Å². The van der Waals surface area contributed by atoms with Crippen LogP contribution < -0.4 is 9.47 Å². The molecule has 0 saturated heterocycles. The number of esters is 1. The molecule has 0 radical (unpaired) electrons. The predicted octanol–water partition coefficient (Wildman–Crippen LogP) is 2.66. The number of hydrogen-bond acceptors (Lipinski definition) is 5. The Labute approximate surface area is 117 Å². The van der Waals surface area contributed by atoms with Crippen LogP contribution in [0.25, 0.3) is 11.3 Å². The third-order valence-electron chi connectivity index (χ3n) is 2.50. The van der Waals surface area contributed by atoms with Gasteiger partial charge in [-0.3, -0.25) is 9.78 Å². The maximum atomic E-state index is 11.3. The first-order valence-electron chi connectivity index (χ1n) is 6.07. The van der Waals surface area contributed by atoms with Crippen molar-refractivity contribution in [3.05, 3.63) is 42.6 Å². The fourth-order valence-corrected chi connectivity index (χ4v) is 1.72. The number of carbonyl (C=O) groups is 1. The lowest BCUT2D eigenvalue weighted by Crippen LogP contribution is -2.07. The van der Waals surface area contributed by atoms with Gasteiger partial charge in [-0.15, -0.1) is 0 Å². The summed E-state index contributed by atoms with van der Waals surface area (Å²) < 4.78 is 15.6. The first kappa shape index (κ1) is 14.0. The number of aromatic nitrogens is 1. The zero-order valence-electron chi connectivity index (χ0n) is 11.3. The molecule has 0 aliphatic heterocycles.